The average Bonchev–Trinajstić information content (AvgIpc) is 2.74. The summed E-state index contributed by atoms with van der Waals surface area (Å²) >= 11 is 12.1. The van der Waals surface area contributed by atoms with Crippen molar-refractivity contribution in [3.05, 3.63) is 45.9 Å². The summed E-state index contributed by atoms with van der Waals surface area (Å²) in [5.41, 5.74) is 0.487. The van der Waals surface area contributed by atoms with E-state index in [1.807, 2.05) is 17.0 Å². The lowest BCUT2D eigenvalue weighted by Gasteiger charge is -2.36. The van der Waals surface area contributed by atoms with E-state index in [0.717, 1.165) is 37.8 Å². The number of hydrogen-bond acceptors (Lipinski definition) is 6. The molecule has 2 aliphatic rings. The molecule has 154 valence electrons. The van der Waals surface area contributed by atoms with Crippen LogP contribution in [0.2, 0.25) is 10.0 Å². The summed E-state index contributed by atoms with van der Waals surface area (Å²) in [6, 6.07) is 9.04. The van der Waals surface area contributed by atoms with Crippen LogP contribution >= 0.6 is 23.2 Å². The van der Waals surface area contributed by atoms with Gasteiger partial charge in [-0.15, -0.1) is 10.2 Å². The molecule has 0 bridgehead atoms. The summed E-state index contributed by atoms with van der Waals surface area (Å²) < 4.78 is 0. The van der Waals surface area contributed by atoms with Gasteiger partial charge in [-0.25, -0.2) is 0 Å². The van der Waals surface area contributed by atoms with E-state index in [9.17, 15) is 4.79 Å². The Hall–Kier alpha value is -2.09. The van der Waals surface area contributed by atoms with Gasteiger partial charge in [-0.1, -0.05) is 23.2 Å². The molecular weight excluding hydrogens is 411 g/mol. The number of benzene rings is 1. The molecule has 0 N–H and O–H groups in total. The molecule has 7 nitrogen and oxygen atoms in total. The predicted octanol–water partition coefficient (Wildman–Crippen LogP) is 2.50. The molecule has 0 spiro atoms. The first kappa shape index (κ1) is 20.2. The second-order valence-electron chi connectivity index (χ2n) is 7.44. The van der Waals surface area contributed by atoms with Gasteiger partial charge in [0.1, 0.15) is 0 Å². The summed E-state index contributed by atoms with van der Waals surface area (Å²) in [6.07, 6.45) is 0. The zero-order valence-electron chi connectivity index (χ0n) is 16.4. The Morgan fingerprint density at radius 2 is 1.38 bits per heavy atom. The van der Waals surface area contributed by atoms with Crippen LogP contribution in [-0.4, -0.2) is 85.3 Å². The molecule has 0 aliphatic carbocycles. The van der Waals surface area contributed by atoms with E-state index in [0.29, 0.717) is 41.8 Å². The number of halogens is 2. The Labute approximate surface area is 180 Å². The Kier molecular flexibility index (Phi) is 6.08. The summed E-state index contributed by atoms with van der Waals surface area (Å²) in [6.45, 7) is 6.66. The van der Waals surface area contributed by atoms with Crippen molar-refractivity contribution < 1.29 is 4.79 Å². The van der Waals surface area contributed by atoms with Crippen LogP contribution in [0.1, 0.15) is 10.4 Å². The van der Waals surface area contributed by atoms with Crippen molar-refractivity contribution >= 4 is 40.7 Å². The van der Waals surface area contributed by atoms with Crippen LogP contribution in [0.5, 0.6) is 0 Å². The number of likely N-dealkylation sites (N-methyl/N-ethyl adjacent to an activating group) is 1. The predicted molar refractivity (Wildman–Crippen MR) is 116 cm³/mol. The molecule has 0 radical (unpaired) electrons. The molecule has 1 aromatic heterocycles. The number of anilines is 2. The standard InChI is InChI=1S/C20H24Cl2N6O/c1-25-6-8-26(9-7-25)18-4-5-19(24-23-18)27-10-12-28(13-11-27)20(29)16-3-2-15(21)14-17(16)22/h2-5,14H,6-13H2,1H3. The molecule has 3 heterocycles. The van der Waals surface area contributed by atoms with Crippen LogP contribution in [0, 0.1) is 0 Å². The Morgan fingerprint density at radius 1 is 0.828 bits per heavy atom. The van der Waals surface area contributed by atoms with E-state index in [2.05, 4.69) is 31.9 Å². The third-order valence-corrected chi connectivity index (χ3v) is 6.06. The highest BCUT2D eigenvalue weighted by atomic mass is 35.5. The molecule has 0 atom stereocenters. The van der Waals surface area contributed by atoms with Gasteiger partial charge >= 0.3 is 0 Å². The van der Waals surface area contributed by atoms with E-state index in [1.54, 1.807) is 18.2 Å². The minimum absolute atomic E-state index is 0.0668. The maximum Gasteiger partial charge on any atom is 0.255 e. The minimum Gasteiger partial charge on any atom is -0.353 e. The number of carbonyl (C=O) groups is 1. The largest absolute Gasteiger partial charge is 0.353 e. The SMILES string of the molecule is CN1CCN(c2ccc(N3CCN(C(=O)c4ccc(Cl)cc4Cl)CC3)nn2)CC1. The molecule has 0 saturated carbocycles. The molecule has 1 aromatic carbocycles. The van der Waals surface area contributed by atoms with Gasteiger partial charge in [-0.05, 0) is 37.4 Å². The first-order valence-electron chi connectivity index (χ1n) is 9.78. The van der Waals surface area contributed by atoms with E-state index >= 15 is 0 Å². The molecule has 0 unspecified atom stereocenters. The quantitative estimate of drug-likeness (QED) is 0.739. The summed E-state index contributed by atoms with van der Waals surface area (Å²) in [5.74, 6) is 1.70. The fraction of sp³-hybridized carbons (Fsp3) is 0.450. The molecular formula is C20H24Cl2N6O. The van der Waals surface area contributed by atoms with Gasteiger partial charge in [0, 0.05) is 57.4 Å². The smallest absolute Gasteiger partial charge is 0.255 e. The first-order chi connectivity index (χ1) is 14.0. The van der Waals surface area contributed by atoms with Crippen molar-refractivity contribution in [1.82, 2.24) is 20.0 Å². The van der Waals surface area contributed by atoms with Crippen molar-refractivity contribution in [2.75, 3.05) is 69.2 Å². The number of hydrogen-bond donors (Lipinski definition) is 0. The second-order valence-corrected chi connectivity index (χ2v) is 8.29. The molecule has 9 heteroatoms. The molecule has 2 aliphatic heterocycles. The van der Waals surface area contributed by atoms with Crippen LogP contribution in [0.15, 0.2) is 30.3 Å². The van der Waals surface area contributed by atoms with Crippen molar-refractivity contribution in [2.45, 2.75) is 0 Å². The summed E-state index contributed by atoms with van der Waals surface area (Å²) in [4.78, 5) is 21.3. The van der Waals surface area contributed by atoms with E-state index < -0.39 is 0 Å². The van der Waals surface area contributed by atoms with Gasteiger partial charge in [0.2, 0.25) is 0 Å². The molecule has 4 rings (SSSR count). The average molecular weight is 435 g/mol. The number of amides is 1. The van der Waals surface area contributed by atoms with Crippen LogP contribution in [0.25, 0.3) is 0 Å². The fourth-order valence-electron chi connectivity index (χ4n) is 3.66. The normalized spacial score (nSPS) is 18.2. The number of nitrogens with zero attached hydrogens (tertiary/aromatic N) is 6. The van der Waals surface area contributed by atoms with Crippen molar-refractivity contribution in [3.63, 3.8) is 0 Å². The van der Waals surface area contributed by atoms with Gasteiger partial charge in [0.15, 0.2) is 11.6 Å². The molecule has 2 saturated heterocycles. The topological polar surface area (TPSA) is 55.8 Å². The summed E-state index contributed by atoms with van der Waals surface area (Å²) in [7, 11) is 2.14. The van der Waals surface area contributed by atoms with Gasteiger partial charge in [0.05, 0.1) is 10.6 Å². The maximum absolute atomic E-state index is 12.8. The lowest BCUT2D eigenvalue weighted by molar-refractivity contribution is 0.0746. The lowest BCUT2D eigenvalue weighted by Crippen LogP contribution is -2.49. The monoisotopic (exact) mass is 434 g/mol. The second kappa shape index (κ2) is 8.73. The Morgan fingerprint density at radius 3 is 1.90 bits per heavy atom. The maximum atomic E-state index is 12.8. The first-order valence-corrected chi connectivity index (χ1v) is 10.5. The van der Waals surface area contributed by atoms with Crippen molar-refractivity contribution in [2.24, 2.45) is 0 Å². The molecule has 2 aromatic rings. The molecule has 2 fully saturated rings. The number of rotatable bonds is 3. The fourth-order valence-corrected chi connectivity index (χ4v) is 4.15. The third-order valence-electron chi connectivity index (χ3n) is 5.52. The van der Waals surface area contributed by atoms with Gasteiger partial charge in [-0.3, -0.25) is 4.79 Å². The highest BCUT2D eigenvalue weighted by Crippen LogP contribution is 2.23. The minimum atomic E-state index is -0.0668. The molecule has 29 heavy (non-hydrogen) atoms. The zero-order valence-corrected chi connectivity index (χ0v) is 17.9. The van der Waals surface area contributed by atoms with E-state index in [-0.39, 0.29) is 5.91 Å². The van der Waals surface area contributed by atoms with Gasteiger partial charge in [0.25, 0.3) is 5.91 Å². The van der Waals surface area contributed by atoms with Crippen molar-refractivity contribution in [3.8, 4) is 0 Å². The highest BCUT2D eigenvalue weighted by molar-refractivity contribution is 6.36. The Balaban J connectivity index is 1.35. The van der Waals surface area contributed by atoms with Crippen molar-refractivity contribution in [1.29, 1.82) is 0 Å². The third kappa shape index (κ3) is 4.57. The van der Waals surface area contributed by atoms with E-state index in [1.165, 1.54) is 0 Å². The van der Waals surface area contributed by atoms with E-state index in [4.69, 9.17) is 23.2 Å². The van der Waals surface area contributed by atoms with Gasteiger partial charge < -0.3 is 19.6 Å². The number of piperazine rings is 2. The number of carbonyl (C=O) groups excluding carboxylic acids is 1. The summed E-state index contributed by atoms with van der Waals surface area (Å²) in [5, 5.41) is 9.77. The van der Waals surface area contributed by atoms with Crippen LogP contribution in [0.4, 0.5) is 11.6 Å². The Bertz CT molecular complexity index is 862. The lowest BCUT2D eigenvalue weighted by atomic mass is 10.1. The molecule has 1 amide bonds. The van der Waals surface area contributed by atoms with Gasteiger partial charge in [-0.2, -0.15) is 0 Å². The zero-order chi connectivity index (χ0) is 20.4. The van der Waals surface area contributed by atoms with Crippen LogP contribution in [-0.2, 0) is 0 Å². The highest BCUT2D eigenvalue weighted by Gasteiger charge is 2.25. The van der Waals surface area contributed by atoms with Crippen LogP contribution < -0.4 is 9.80 Å². The van der Waals surface area contributed by atoms with Crippen LogP contribution in [0.3, 0.4) is 0 Å². The number of aromatic nitrogens is 2.